The molecule has 3 heteroatoms. The fraction of sp³-hybridized carbons (Fsp3) is 0. The van der Waals surface area contributed by atoms with Gasteiger partial charge < -0.3 is 5.32 Å². The van der Waals surface area contributed by atoms with Crippen LogP contribution in [0.15, 0.2) is 61.0 Å². The van der Waals surface area contributed by atoms with Crippen molar-refractivity contribution in [2.75, 3.05) is 0 Å². The van der Waals surface area contributed by atoms with Gasteiger partial charge in [0.25, 0.3) is 0 Å². The monoisotopic (exact) mass is 175 g/mol. The summed E-state index contributed by atoms with van der Waals surface area (Å²) in [4.78, 5) is 7.91. The number of nitrogens with one attached hydrogen (secondary N) is 1. The SMILES string of the molecule is C=C/N=C(C=C)\C(=N/C=C)NC=C. The molecule has 3 nitrogen and oxygen atoms in total. The van der Waals surface area contributed by atoms with Crippen LogP contribution in [0.5, 0.6) is 0 Å². The van der Waals surface area contributed by atoms with Crippen molar-refractivity contribution in [3.63, 3.8) is 0 Å². The molecule has 0 aliphatic rings. The van der Waals surface area contributed by atoms with Gasteiger partial charge in [0.1, 0.15) is 5.71 Å². The molecule has 0 aromatic rings. The molecule has 0 bridgehead atoms. The van der Waals surface area contributed by atoms with Crippen molar-refractivity contribution in [1.29, 1.82) is 0 Å². The molecule has 0 aromatic carbocycles. The highest BCUT2D eigenvalue weighted by atomic mass is 15.0. The van der Waals surface area contributed by atoms with Crippen molar-refractivity contribution in [2.45, 2.75) is 0 Å². The first kappa shape index (κ1) is 11.1. The Hall–Kier alpha value is -1.90. The summed E-state index contributed by atoms with van der Waals surface area (Å²) in [6.45, 7) is 14.1. The van der Waals surface area contributed by atoms with Gasteiger partial charge in [0.05, 0.1) is 0 Å². The number of hydrogen-bond acceptors (Lipinski definition) is 2. The van der Waals surface area contributed by atoms with E-state index in [2.05, 4.69) is 41.6 Å². The minimum atomic E-state index is 0.542. The van der Waals surface area contributed by atoms with Gasteiger partial charge >= 0.3 is 0 Å². The Labute approximate surface area is 78.6 Å². The van der Waals surface area contributed by atoms with Crippen molar-refractivity contribution >= 4 is 11.5 Å². The maximum absolute atomic E-state index is 3.95. The Morgan fingerprint density at radius 1 is 1.00 bits per heavy atom. The van der Waals surface area contributed by atoms with E-state index in [1.54, 1.807) is 6.08 Å². The summed E-state index contributed by atoms with van der Waals surface area (Å²) in [5.74, 6) is 0.542. The minimum absolute atomic E-state index is 0.542. The van der Waals surface area contributed by atoms with E-state index in [1.807, 2.05) is 0 Å². The topological polar surface area (TPSA) is 36.8 Å². The molecule has 0 aliphatic heterocycles. The second kappa shape index (κ2) is 6.79. The third-order valence-electron chi connectivity index (χ3n) is 1.13. The van der Waals surface area contributed by atoms with Crippen molar-refractivity contribution in [3.8, 4) is 0 Å². The molecule has 0 fully saturated rings. The molecule has 0 rings (SSSR count). The van der Waals surface area contributed by atoms with Gasteiger partial charge in [0, 0.05) is 12.4 Å². The maximum atomic E-state index is 3.95. The summed E-state index contributed by atoms with van der Waals surface area (Å²) in [5.41, 5.74) is 0.592. The molecule has 1 N–H and O–H groups in total. The molecule has 0 spiro atoms. The van der Waals surface area contributed by atoms with E-state index in [4.69, 9.17) is 0 Å². The Kier molecular flexibility index (Phi) is 5.80. The number of amidine groups is 1. The van der Waals surface area contributed by atoms with Gasteiger partial charge in [0.15, 0.2) is 5.84 Å². The molecule has 0 unspecified atom stereocenters. The van der Waals surface area contributed by atoms with E-state index in [-0.39, 0.29) is 0 Å². The average molecular weight is 175 g/mol. The minimum Gasteiger partial charge on any atom is -0.345 e. The van der Waals surface area contributed by atoms with Crippen LogP contribution in [0, 0.1) is 0 Å². The van der Waals surface area contributed by atoms with Crippen LogP contribution in [-0.4, -0.2) is 11.5 Å². The van der Waals surface area contributed by atoms with E-state index in [0.717, 1.165) is 0 Å². The highest BCUT2D eigenvalue weighted by Crippen LogP contribution is 1.87. The molecule has 0 saturated heterocycles. The highest BCUT2D eigenvalue weighted by Gasteiger charge is 2.00. The van der Waals surface area contributed by atoms with Gasteiger partial charge in [-0.05, 0) is 12.3 Å². The summed E-state index contributed by atoms with van der Waals surface area (Å²) in [7, 11) is 0. The van der Waals surface area contributed by atoms with Crippen LogP contribution >= 0.6 is 0 Å². The second-order valence-corrected chi connectivity index (χ2v) is 1.91. The molecule has 0 aromatic heterocycles. The van der Waals surface area contributed by atoms with Gasteiger partial charge in [-0.3, -0.25) is 4.99 Å². The van der Waals surface area contributed by atoms with Crippen molar-refractivity contribution in [3.05, 3.63) is 51.0 Å². The Morgan fingerprint density at radius 2 is 1.62 bits per heavy atom. The summed E-state index contributed by atoms with van der Waals surface area (Å²) in [5, 5.41) is 2.81. The molecule has 0 heterocycles. The maximum Gasteiger partial charge on any atom is 0.155 e. The quantitative estimate of drug-likeness (QED) is 0.503. The molecule has 13 heavy (non-hydrogen) atoms. The van der Waals surface area contributed by atoms with Crippen LogP contribution in [0.1, 0.15) is 0 Å². The Balaban J connectivity index is 4.88. The summed E-state index contributed by atoms with van der Waals surface area (Å²) >= 11 is 0. The molecule has 0 aliphatic carbocycles. The largest absolute Gasteiger partial charge is 0.345 e. The van der Waals surface area contributed by atoms with Crippen LogP contribution in [0.3, 0.4) is 0 Å². The summed E-state index contributed by atoms with van der Waals surface area (Å²) in [6, 6.07) is 0. The standard InChI is InChI=1S/C10H13N3/c1-5-9(11-6-2)10(12-7-3)13-8-4/h5-8H,1-4H2,(H,12,13)/b11-9-. The Bertz CT molecular complexity index is 272. The molecule has 0 radical (unpaired) electrons. The first-order valence-electron chi connectivity index (χ1n) is 3.67. The third-order valence-corrected chi connectivity index (χ3v) is 1.13. The van der Waals surface area contributed by atoms with Gasteiger partial charge in [-0.1, -0.05) is 26.3 Å². The van der Waals surface area contributed by atoms with Crippen LogP contribution < -0.4 is 5.32 Å². The van der Waals surface area contributed by atoms with Gasteiger partial charge in [-0.15, -0.1) is 0 Å². The van der Waals surface area contributed by atoms with Crippen LogP contribution in [0.2, 0.25) is 0 Å². The molecular weight excluding hydrogens is 162 g/mol. The zero-order valence-corrected chi connectivity index (χ0v) is 7.53. The third kappa shape index (κ3) is 3.86. The lowest BCUT2D eigenvalue weighted by Crippen LogP contribution is -2.25. The zero-order chi connectivity index (χ0) is 10.1. The number of hydrogen-bond donors (Lipinski definition) is 1. The van der Waals surface area contributed by atoms with E-state index < -0.39 is 0 Å². The second-order valence-electron chi connectivity index (χ2n) is 1.91. The van der Waals surface area contributed by atoms with Crippen molar-refractivity contribution in [1.82, 2.24) is 5.32 Å². The highest BCUT2D eigenvalue weighted by molar-refractivity contribution is 6.46. The van der Waals surface area contributed by atoms with Gasteiger partial charge in [-0.2, -0.15) is 0 Å². The lowest BCUT2D eigenvalue weighted by atomic mass is 10.3. The zero-order valence-electron chi connectivity index (χ0n) is 7.53. The van der Waals surface area contributed by atoms with Crippen LogP contribution in [0.25, 0.3) is 0 Å². The van der Waals surface area contributed by atoms with E-state index >= 15 is 0 Å². The van der Waals surface area contributed by atoms with E-state index in [0.29, 0.717) is 11.5 Å². The average Bonchev–Trinajstić information content (AvgIpc) is 2.14. The summed E-state index contributed by atoms with van der Waals surface area (Å²) in [6.07, 6.45) is 5.90. The first-order chi connectivity index (χ1) is 6.29. The molecule has 0 amide bonds. The number of aliphatic imine (C=N–C) groups is 2. The fourth-order valence-corrected chi connectivity index (χ4v) is 0.674. The first-order valence-corrected chi connectivity index (χ1v) is 3.67. The predicted octanol–water partition coefficient (Wildman–Crippen LogP) is 2.03. The lowest BCUT2D eigenvalue weighted by molar-refractivity contribution is 1.28. The number of nitrogens with zero attached hydrogens (tertiary/aromatic N) is 2. The van der Waals surface area contributed by atoms with E-state index in [1.165, 1.54) is 18.6 Å². The van der Waals surface area contributed by atoms with Crippen molar-refractivity contribution < 1.29 is 0 Å². The lowest BCUT2D eigenvalue weighted by Gasteiger charge is -2.02. The molecule has 0 atom stereocenters. The van der Waals surface area contributed by atoms with Crippen LogP contribution in [0.4, 0.5) is 0 Å². The smallest absolute Gasteiger partial charge is 0.155 e. The van der Waals surface area contributed by atoms with Gasteiger partial charge in [0.2, 0.25) is 0 Å². The normalized spacial score (nSPS) is 11.7. The Morgan fingerprint density at radius 3 is 2.00 bits per heavy atom. The molecule has 0 saturated carbocycles. The van der Waals surface area contributed by atoms with Gasteiger partial charge in [-0.25, -0.2) is 4.99 Å². The van der Waals surface area contributed by atoms with Crippen LogP contribution in [-0.2, 0) is 0 Å². The van der Waals surface area contributed by atoms with E-state index in [9.17, 15) is 0 Å². The van der Waals surface area contributed by atoms with Crippen molar-refractivity contribution in [2.24, 2.45) is 9.98 Å². The summed E-state index contributed by atoms with van der Waals surface area (Å²) < 4.78 is 0. The predicted molar refractivity (Wildman–Crippen MR) is 58.8 cm³/mol. The molecule has 68 valence electrons. The fourth-order valence-electron chi connectivity index (χ4n) is 0.674. The number of rotatable bonds is 5. The molecular formula is C10H13N3.